The predicted octanol–water partition coefficient (Wildman–Crippen LogP) is 4.81. The van der Waals surface area contributed by atoms with Crippen LogP contribution in [-0.2, 0) is 4.79 Å². The number of nitrogens with zero attached hydrogens (tertiary/aromatic N) is 1. The number of rotatable bonds is 8. The highest BCUT2D eigenvalue weighted by molar-refractivity contribution is 6.09. The molecular weight excluding hydrogens is 340 g/mol. The van der Waals surface area contributed by atoms with Crippen molar-refractivity contribution in [3.05, 3.63) is 59.7 Å². The van der Waals surface area contributed by atoms with Gasteiger partial charge in [0, 0.05) is 5.69 Å². The lowest BCUT2D eigenvalue weighted by Crippen LogP contribution is -2.13. The van der Waals surface area contributed by atoms with Crippen LogP contribution in [0.1, 0.15) is 32.8 Å². The number of amides is 1. The molecule has 0 unspecified atom stereocenters. The Kier molecular flexibility index (Phi) is 7.45. The van der Waals surface area contributed by atoms with Crippen molar-refractivity contribution in [3.63, 3.8) is 0 Å². The molecule has 0 saturated heterocycles. The van der Waals surface area contributed by atoms with Gasteiger partial charge >= 0.3 is 0 Å². The van der Waals surface area contributed by atoms with Crippen LogP contribution in [0, 0.1) is 11.3 Å². The average molecular weight is 364 g/mol. The largest absolute Gasteiger partial charge is 0.494 e. The molecule has 0 saturated carbocycles. The molecule has 0 spiro atoms. The van der Waals surface area contributed by atoms with Crippen LogP contribution in [-0.4, -0.2) is 18.6 Å². The van der Waals surface area contributed by atoms with Crippen LogP contribution in [0.25, 0.3) is 6.08 Å². The van der Waals surface area contributed by atoms with Crippen molar-refractivity contribution in [1.29, 1.82) is 5.26 Å². The molecule has 140 valence electrons. The molecule has 0 fully saturated rings. The van der Waals surface area contributed by atoms with Crippen molar-refractivity contribution in [2.45, 2.75) is 33.3 Å². The van der Waals surface area contributed by atoms with E-state index in [4.69, 9.17) is 9.47 Å². The van der Waals surface area contributed by atoms with Gasteiger partial charge in [0.1, 0.15) is 23.1 Å². The van der Waals surface area contributed by atoms with E-state index >= 15 is 0 Å². The number of ether oxygens (including phenoxy) is 2. The normalized spacial score (nSPS) is 11.0. The van der Waals surface area contributed by atoms with Gasteiger partial charge in [-0.15, -0.1) is 0 Å². The zero-order valence-corrected chi connectivity index (χ0v) is 15.9. The van der Waals surface area contributed by atoms with Crippen molar-refractivity contribution in [1.82, 2.24) is 0 Å². The van der Waals surface area contributed by atoms with E-state index in [-0.39, 0.29) is 11.7 Å². The van der Waals surface area contributed by atoms with Crippen LogP contribution in [0.15, 0.2) is 54.1 Å². The Balaban J connectivity index is 2.04. The van der Waals surface area contributed by atoms with Gasteiger partial charge < -0.3 is 14.8 Å². The molecule has 1 amide bonds. The lowest BCUT2D eigenvalue weighted by Gasteiger charge is -2.10. The standard InChI is InChI=1S/C22H24N2O3/c1-4-13-26-20-9-5-17(6-10-20)14-18(15-23)22(25)24-19-7-11-21(12-8-19)27-16(2)3/h5-12,14,16H,4,13H2,1-3H3,(H,24,25)/b18-14+. The molecule has 0 aromatic heterocycles. The SMILES string of the molecule is CCCOc1ccc(/C=C(\C#N)C(=O)Nc2ccc(OC(C)C)cc2)cc1. The van der Waals surface area contributed by atoms with Crippen molar-refractivity contribution >= 4 is 17.7 Å². The Labute approximate surface area is 160 Å². The van der Waals surface area contributed by atoms with Crippen molar-refractivity contribution in [2.75, 3.05) is 11.9 Å². The first-order chi connectivity index (χ1) is 13.0. The van der Waals surface area contributed by atoms with E-state index in [0.29, 0.717) is 12.3 Å². The second kappa shape index (κ2) is 10.0. The number of nitriles is 1. The summed E-state index contributed by atoms with van der Waals surface area (Å²) in [5.74, 6) is 1.03. The molecule has 0 radical (unpaired) electrons. The van der Waals surface area contributed by atoms with Crippen molar-refractivity contribution in [3.8, 4) is 17.6 Å². The minimum atomic E-state index is -0.457. The number of nitrogens with one attached hydrogen (secondary N) is 1. The van der Waals surface area contributed by atoms with Crippen molar-refractivity contribution in [2.24, 2.45) is 0 Å². The number of carbonyl (C=O) groups excluding carboxylic acids is 1. The number of anilines is 1. The number of benzene rings is 2. The summed E-state index contributed by atoms with van der Waals surface area (Å²) in [4.78, 5) is 12.4. The fraction of sp³-hybridized carbons (Fsp3) is 0.273. The molecule has 2 rings (SSSR count). The van der Waals surface area contributed by atoms with Gasteiger partial charge in [0.2, 0.25) is 0 Å². The number of carbonyl (C=O) groups is 1. The maximum atomic E-state index is 12.4. The van der Waals surface area contributed by atoms with E-state index < -0.39 is 5.91 Å². The summed E-state index contributed by atoms with van der Waals surface area (Å²) in [7, 11) is 0. The molecule has 0 aliphatic heterocycles. The monoisotopic (exact) mass is 364 g/mol. The Morgan fingerprint density at radius 2 is 1.74 bits per heavy atom. The van der Waals surface area contributed by atoms with Crippen LogP contribution in [0.2, 0.25) is 0 Å². The van der Waals surface area contributed by atoms with Crippen LogP contribution in [0.4, 0.5) is 5.69 Å². The van der Waals surface area contributed by atoms with E-state index in [1.165, 1.54) is 0 Å². The zero-order chi connectivity index (χ0) is 19.6. The lowest BCUT2D eigenvalue weighted by atomic mass is 10.1. The van der Waals surface area contributed by atoms with E-state index in [1.807, 2.05) is 51.1 Å². The molecule has 0 aliphatic carbocycles. The van der Waals surface area contributed by atoms with Crippen molar-refractivity contribution < 1.29 is 14.3 Å². The molecule has 2 aromatic rings. The first kappa shape index (κ1) is 20.1. The van der Waals surface area contributed by atoms with E-state index in [0.717, 1.165) is 23.5 Å². The van der Waals surface area contributed by atoms with Gasteiger partial charge in [-0.1, -0.05) is 19.1 Å². The average Bonchev–Trinajstić information content (AvgIpc) is 2.66. The molecule has 0 bridgehead atoms. The Morgan fingerprint density at radius 1 is 1.11 bits per heavy atom. The fourth-order valence-corrected chi connectivity index (χ4v) is 2.28. The Bertz CT molecular complexity index is 816. The second-order valence-corrected chi connectivity index (χ2v) is 6.23. The molecular formula is C22H24N2O3. The summed E-state index contributed by atoms with van der Waals surface area (Å²) < 4.78 is 11.1. The molecule has 0 atom stereocenters. The highest BCUT2D eigenvalue weighted by Crippen LogP contribution is 2.19. The van der Waals surface area contributed by atoms with Gasteiger partial charge in [-0.05, 0) is 68.3 Å². The minimum Gasteiger partial charge on any atom is -0.494 e. The molecule has 1 N–H and O–H groups in total. The van der Waals surface area contributed by atoms with Gasteiger partial charge in [0.05, 0.1) is 12.7 Å². The fourth-order valence-electron chi connectivity index (χ4n) is 2.28. The molecule has 2 aromatic carbocycles. The lowest BCUT2D eigenvalue weighted by molar-refractivity contribution is -0.112. The maximum absolute atomic E-state index is 12.4. The Hall–Kier alpha value is -3.26. The van der Waals surface area contributed by atoms with Crippen LogP contribution >= 0.6 is 0 Å². The van der Waals surface area contributed by atoms with Gasteiger partial charge in [-0.2, -0.15) is 5.26 Å². The molecule has 0 aliphatic rings. The van der Waals surface area contributed by atoms with E-state index in [2.05, 4.69) is 5.32 Å². The first-order valence-electron chi connectivity index (χ1n) is 8.94. The molecule has 27 heavy (non-hydrogen) atoms. The summed E-state index contributed by atoms with van der Waals surface area (Å²) in [6.45, 7) is 6.59. The van der Waals surface area contributed by atoms with Gasteiger partial charge in [0.25, 0.3) is 5.91 Å². The maximum Gasteiger partial charge on any atom is 0.266 e. The van der Waals surface area contributed by atoms with Gasteiger partial charge in [0.15, 0.2) is 0 Å². The summed E-state index contributed by atoms with van der Waals surface area (Å²) in [6.07, 6.45) is 2.57. The predicted molar refractivity (Wildman–Crippen MR) is 107 cm³/mol. The third kappa shape index (κ3) is 6.52. The van der Waals surface area contributed by atoms with E-state index in [1.54, 1.807) is 30.3 Å². The topological polar surface area (TPSA) is 71.3 Å². The summed E-state index contributed by atoms with van der Waals surface area (Å²) >= 11 is 0. The molecule has 5 heteroatoms. The second-order valence-electron chi connectivity index (χ2n) is 6.23. The van der Waals surface area contributed by atoms with Crippen LogP contribution in [0.5, 0.6) is 11.5 Å². The quantitative estimate of drug-likeness (QED) is 0.539. The van der Waals surface area contributed by atoms with Gasteiger partial charge in [-0.3, -0.25) is 4.79 Å². The number of hydrogen-bond acceptors (Lipinski definition) is 4. The summed E-state index contributed by atoms with van der Waals surface area (Å²) in [6, 6.07) is 16.3. The van der Waals surface area contributed by atoms with E-state index in [9.17, 15) is 10.1 Å². The van der Waals surface area contributed by atoms with Gasteiger partial charge in [-0.25, -0.2) is 0 Å². The first-order valence-corrected chi connectivity index (χ1v) is 8.94. The highest BCUT2D eigenvalue weighted by atomic mass is 16.5. The zero-order valence-electron chi connectivity index (χ0n) is 15.9. The third-order valence-electron chi connectivity index (χ3n) is 3.51. The summed E-state index contributed by atoms with van der Waals surface area (Å²) in [5, 5.41) is 12.0. The van der Waals surface area contributed by atoms with Crippen LogP contribution < -0.4 is 14.8 Å². The molecule has 0 heterocycles. The number of hydrogen-bond donors (Lipinski definition) is 1. The minimum absolute atomic E-state index is 0.0275. The highest BCUT2D eigenvalue weighted by Gasteiger charge is 2.10. The van der Waals surface area contributed by atoms with Crippen LogP contribution in [0.3, 0.4) is 0 Å². The Morgan fingerprint density at radius 3 is 2.30 bits per heavy atom. The summed E-state index contributed by atoms with van der Waals surface area (Å²) in [5.41, 5.74) is 1.38. The third-order valence-corrected chi connectivity index (χ3v) is 3.51. The smallest absolute Gasteiger partial charge is 0.266 e. The molecule has 5 nitrogen and oxygen atoms in total.